The van der Waals surface area contributed by atoms with Gasteiger partial charge < -0.3 is 15.2 Å². The van der Waals surface area contributed by atoms with Gasteiger partial charge in [0, 0.05) is 0 Å². The van der Waals surface area contributed by atoms with E-state index in [4.69, 9.17) is 4.74 Å². The van der Waals surface area contributed by atoms with Gasteiger partial charge in [-0.2, -0.15) is 0 Å². The van der Waals surface area contributed by atoms with Gasteiger partial charge in [0.05, 0.1) is 10.9 Å². The highest BCUT2D eigenvalue weighted by Gasteiger charge is 2.12. The van der Waals surface area contributed by atoms with Crippen LogP contribution in [0.15, 0.2) is 83.0 Å². The van der Waals surface area contributed by atoms with Crippen LogP contribution < -0.4 is 10.1 Å². The minimum absolute atomic E-state index is 0.0658. The summed E-state index contributed by atoms with van der Waals surface area (Å²) in [5.74, 6) is -0.950. The zero-order valence-electron chi connectivity index (χ0n) is 15.6. The molecule has 0 bridgehead atoms. The second kappa shape index (κ2) is 9.84. The molecule has 3 aromatic carbocycles. The van der Waals surface area contributed by atoms with Crippen molar-refractivity contribution in [3.63, 3.8) is 0 Å². The third kappa shape index (κ3) is 6.02. The highest BCUT2D eigenvalue weighted by atomic mass is 79.9. The predicted molar refractivity (Wildman–Crippen MR) is 115 cm³/mol. The van der Waals surface area contributed by atoms with Crippen LogP contribution >= 0.6 is 15.9 Å². The van der Waals surface area contributed by atoms with Gasteiger partial charge in [0.25, 0.3) is 0 Å². The molecule has 30 heavy (non-hydrogen) atoms. The second-order valence-electron chi connectivity index (χ2n) is 6.32. The molecule has 0 heterocycles. The molecule has 2 N–H and O–H groups in total. The molecule has 0 spiro atoms. The Labute approximate surface area is 180 Å². The molecule has 0 radical (unpaired) electrons. The highest BCUT2D eigenvalue weighted by Crippen LogP contribution is 2.29. The van der Waals surface area contributed by atoms with E-state index in [1.165, 1.54) is 30.3 Å². The van der Waals surface area contributed by atoms with E-state index >= 15 is 0 Å². The molecule has 1 amide bonds. The number of ether oxygens (including phenoxy) is 1. The summed E-state index contributed by atoms with van der Waals surface area (Å²) in [6, 6.07) is 19.6. The van der Waals surface area contributed by atoms with E-state index in [-0.39, 0.29) is 12.1 Å². The maximum atomic E-state index is 13.0. The van der Waals surface area contributed by atoms with Gasteiger partial charge in [-0.05, 0) is 69.5 Å². The Bertz CT molecular complexity index is 1080. The molecule has 0 aliphatic rings. The SMILES string of the molecule is O=C(Cc1ccc(F)cc1)N/C(=C/c1ccc(Oc2ccccc2Br)cc1)C(=O)O. The van der Waals surface area contributed by atoms with Crippen LogP contribution in [0.2, 0.25) is 0 Å². The number of halogens is 2. The van der Waals surface area contributed by atoms with Crippen molar-refractivity contribution in [1.82, 2.24) is 5.32 Å². The Balaban J connectivity index is 1.68. The number of rotatable bonds is 7. The van der Waals surface area contributed by atoms with E-state index in [1.807, 2.05) is 24.3 Å². The van der Waals surface area contributed by atoms with Crippen LogP contribution in [0.1, 0.15) is 11.1 Å². The Kier molecular flexibility index (Phi) is 6.98. The first-order valence-electron chi connectivity index (χ1n) is 8.92. The summed E-state index contributed by atoms with van der Waals surface area (Å²) in [4.78, 5) is 23.7. The fourth-order valence-electron chi connectivity index (χ4n) is 2.59. The molecule has 5 nitrogen and oxygen atoms in total. The number of benzene rings is 3. The topological polar surface area (TPSA) is 75.6 Å². The van der Waals surface area contributed by atoms with Gasteiger partial charge in [-0.1, -0.05) is 36.4 Å². The van der Waals surface area contributed by atoms with E-state index in [0.29, 0.717) is 22.6 Å². The van der Waals surface area contributed by atoms with Crippen molar-refractivity contribution in [2.75, 3.05) is 0 Å². The molecule has 3 rings (SSSR count). The summed E-state index contributed by atoms with van der Waals surface area (Å²) in [5, 5.41) is 11.8. The second-order valence-corrected chi connectivity index (χ2v) is 7.17. The number of carboxylic acid groups (broad SMARTS) is 1. The number of hydrogen-bond acceptors (Lipinski definition) is 3. The molecule has 0 aromatic heterocycles. The first-order valence-corrected chi connectivity index (χ1v) is 9.72. The molecule has 0 saturated carbocycles. The minimum Gasteiger partial charge on any atom is -0.477 e. The first-order chi connectivity index (χ1) is 14.4. The highest BCUT2D eigenvalue weighted by molar-refractivity contribution is 9.10. The van der Waals surface area contributed by atoms with Crippen LogP contribution in [0, 0.1) is 5.82 Å². The number of carbonyl (C=O) groups excluding carboxylic acids is 1. The van der Waals surface area contributed by atoms with Gasteiger partial charge in [-0.15, -0.1) is 0 Å². The lowest BCUT2D eigenvalue weighted by molar-refractivity contribution is -0.134. The monoisotopic (exact) mass is 469 g/mol. The zero-order valence-corrected chi connectivity index (χ0v) is 17.2. The number of hydrogen-bond donors (Lipinski definition) is 2. The number of para-hydroxylation sites is 1. The molecule has 152 valence electrons. The van der Waals surface area contributed by atoms with E-state index in [9.17, 15) is 19.1 Å². The fraction of sp³-hybridized carbons (Fsp3) is 0.0435. The molecule has 7 heteroatoms. The predicted octanol–water partition coefficient (Wildman–Crippen LogP) is 5.16. The van der Waals surface area contributed by atoms with Gasteiger partial charge in [-0.25, -0.2) is 9.18 Å². The van der Waals surface area contributed by atoms with Crippen molar-refractivity contribution in [2.24, 2.45) is 0 Å². The molecule has 0 unspecified atom stereocenters. The standard InChI is InChI=1S/C23H17BrFNO4/c24-19-3-1-2-4-21(19)30-18-11-7-15(8-12-18)13-20(23(28)29)26-22(27)14-16-5-9-17(25)10-6-16/h1-13H,14H2,(H,26,27)(H,28,29)/b20-13+. The van der Waals surface area contributed by atoms with Crippen molar-refractivity contribution in [3.8, 4) is 11.5 Å². The Morgan fingerprint density at radius 2 is 1.67 bits per heavy atom. The minimum atomic E-state index is -1.27. The van der Waals surface area contributed by atoms with Crippen molar-refractivity contribution in [1.29, 1.82) is 0 Å². The van der Waals surface area contributed by atoms with E-state index in [1.54, 1.807) is 24.3 Å². The van der Waals surface area contributed by atoms with Gasteiger partial charge in [0.1, 0.15) is 23.0 Å². The maximum absolute atomic E-state index is 13.0. The summed E-state index contributed by atoms with van der Waals surface area (Å²) < 4.78 is 19.5. The fourth-order valence-corrected chi connectivity index (χ4v) is 2.95. The van der Waals surface area contributed by atoms with E-state index in [0.717, 1.165) is 4.47 Å². The normalized spacial score (nSPS) is 11.1. The Hall–Kier alpha value is -3.45. The average Bonchev–Trinajstić information content (AvgIpc) is 2.72. The average molecular weight is 470 g/mol. The number of aliphatic carboxylic acids is 1. The molecule has 0 fully saturated rings. The largest absolute Gasteiger partial charge is 0.477 e. The van der Waals surface area contributed by atoms with Gasteiger partial charge >= 0.3 is 5.97 Å². The summed E-state index contributed by atoms with van der Waals surface area (Å²) >= 11 is 3.41. The first kappa shape index (κ1) is 21.3. The van der Waals surface area contributed by atoms with Crippen LogP contribution in [-0.2, 0) is 16.0 Å². The van der Waals surface area contributed by atoms with Crippen molar-refractivity contribution >= 4 is 33.9 Å². The summed E-state index contributed by atoms with van der Waals surface area (Å²) in [6.45, 7) is 0. The third-order valence-electron chi connectivity index (χ3n) is 4.04. The van der Waals surface area contributed by atoms with Crippen LogP contribution in [0.25, 0.3) is 6.08 Å². The smallest absolute Gasteiger partial charge is 0.352 e. The lowest BCUT2D eigenvalue weighted by atomic mass is 10.1. The lowest BCUT2D eigenvalue weighted by Gasteiger charge is -2.09. The molecule has 0 atom stereocenters. The summed E-state index contributed by atoms with van der Waals surface area (Å²) in [7, 11) is 0. The quantitative estimate of drug-likeness (QED) is 0.468. The third-order valence-corrected chi connectivity index (χ3v) is 4.69. The zero-order chi connectivity index (χ0) is 21.5. The molecule has 0 aliphatic heterocycles. The van der Waals surface area contributed by atoms with Gasteiger partial charge in [0.15, 0.2) is 0 Å². The van der Waals surface area contributed by atoms with E-state index in [2.05, 4.69) is 21.2 Å². The number of nitrogens with one attached hydrogen (secondary N) is 1. The van der Waals surface area contributed by atoms with Gasteiger partial charge in [-0.3, -0.25) is 4.79 Å². The molecular weight excluding hydrogens is 453 g/mol. The number of amides is 1. The van der Waals surface area contributed by atoms with Crippen molar-refractivity contribution < 1.29 is 23.8 Å². The Morgan fingerprint density at radius 1 is 1.00 bits per heavy atom. The Morgan fingerprint density at radius 3 is 2.30 bits per heavy atom. The van der Waals surface area contributed by atoms with Crippen LogP contribution in [0.5, 0.6) is 11.5 Å². The summed E-state index contributed by atoms with van der Waals surface area (Å²) in [5.41, 5.74) is 0.891. The summed E-state index contributed by atoms with van der Waals surface area (Å²) in [6.07, 6.45) is 1.29. The van der Waals surface area contributed by atoms with Crippen LogP contribution in [0.4, 0.5) is 4.39 Å². The lowest BCUT2D eigenvalue weighted by Crippen LogP contribution is -2.28. The number of carboxylic acids is 1. The molecule has 3 aromatic rings. The van der Waals surface area contributed by atoms with E-state index < -0.39 is 17.7 Å². The van der Waals surface area contributed by atoms with Crippen LogP contribution in [-0.4, -0.2) is 17.0 Å². The van der Waals surface area contributed by atoms with Gasteiger partial charge in [0.2, 0.25) is 5.91 Å². The molecule has 0 aliphatic carbocycles. The van der Waals surface area contributed by atoms with Crippen molar-refractivity contribution in [3.05, 3.63) is 99.9 Å². The molecule has 0 saturated heterocycles. The molecular formula is C23H17BrFNO4. The maximum Gasteiger partial charge on any atom is 0.352 e. The number of carbonyl (C=O) groups is 2. The van der Waals surface area contributed by atoms with Crippen molar-refractivity contribution in [2.45, 2.75) is 6.42 Å². The van der Waals surface area contributed by atoms with Crippen LogP contribution in [0.3, 0.4) is 0 Å².